The number of hydrogen-bond donors (Lipinski definition) is 1. The molecule has 1 heterocycles. The summed E-state index contributed by atoms with van der Waals surface area (Å²) in [5.41, 5.74) is 5.79. The molecule has 0 spiro atoms. The highest BCUT2D eigenvalue weighted by Gasteiger charge is 2.20. The van der Waals surface area contributed by atoms with Crippen molar-refractivity contribution in [3.63, 3.8) is 0 Å². The number of fused-ring (bicyclic) bond motifs is 1. The van der Waals surface area contributed by atoms with E-state index in [9.17, 15) is 4.79 Å². The van der Waals surface area contributed by atoms with Gasteiger partial charge >= 0.3 is 0 Å². The molecular formula is C19H21ClN2OS. The van der Waals surface area contributed by atoms with Gasteiger partial charge in [0.1, 0.15) is 0 Å². The zero-order valence-corrected chi connectivity index (χ0v) is 15.5. The van der Waals surface area contributed by atoms with E-state index in [1.165, 1.54) is 16.9 Å². The zero-order chi connectivity index (χ0) is 17.1. The van der Waals surface area contributed by atoms with E-state index in [2.05, 4.69) is 17.5 Å². The fourth-order valence-corrected chi connectivity index (χ4v) is 4.30. The molecule has 3 rings (SSSR count). The monoisotopic (exact) mass is 360 g/mol. The first-order valence-corrected chi connectivity index (χ1v) is 9.50. The minimum atomic E-state index is -0.130. The highest BCUT2D eigenvalue weighted by molar-refractivity contribution is 7.14. The number of hydrogen-bond acceptors (Lipinski definition) is 3. The maximum atomic E-state index is 12.4. The summed E-state index contributed by atoms with van der Waals surface area (Å²) in [6.45, 7) is 4.28. The molecule has 0 radical (unpaired) electrons. The van der Waals surface area contributed by atoms with Crippen LogP contribution in [0.5, 0.6) is 0 Å². The molecule has 0 saturated heterocycles. The minimum Gasteiger partial charge on any atom is -0.266 e. The number of carbonyl (C=O) groups excluding carboxylic acids is 1. The highest BCUT2D eigenvalue weighted by Crippen LogP contribution is 2.32. The lowest BCUT2D eigenvalue weighted by Gasteiger charge is -2.16. The number of aryl methyl sites for hydroxylation is 1. The summed E-state index contributed by atoms with van der Waals surface area (Å²) >= 11 is 7.63. The number of carbonyl (C=O) groups is 1. The first-order valence-electron chi connectivity index (χ1n) is 8.31. The number of amides is 1. The van der Waals surface area contributed by atoms with E-state index in [0.717, 1.165) is 35.4 Å². The van der Waals surface area contributed by atoms with Crippen LogP contribution >= 0.6 is 22.9 Å². The SMILES string of the molecule is CC/C(=N/NC(=O)c1cc2c(s1)CCC(C)C2)c1cccc(Cl)c1. The molecule has 0 fully saturated rings. The largest absolute Gasteiger partial charge is 0.281 e. The number of hydrazone groups is 1. The lowest BCUT2D eigenvalue weighted by molar-refractivity contribution is 0.0959. The van der Waals surface area contributed by atoms with Gasteiger partial charge in [0.2, 0.25) is 0 Å². The molecule has 0 aliphatic heterocycles. The van der Waals surface area contributed by atoms with Crippen molar-refractivity contribution in [3.05, 3.63) is 56.2 Å². The Kier molecular flexibility index (Phi) is 5.36. The second-order valence-corrected chi connectivity index (χ2v) is 7.84. The van der Waals surface area contributed by atoms with Crippen molar-refractivity contribution in [1.82, 2.24) is 5.43 Å². The third kappa shape index (κ3) is 3.87. The highest BCUT2D eigenvalue weighted by atomic mass is 35.5. The molecule has 1 aliphatic rings. The molecule has 1 aliphatic carbocycles. The van der Waals surface area contributed by atoms with Crippen molar-refractivity contribution in [3.8, 4) is 0 Å². The summed E-state index contributed by atoms with van der Waals surface area (Å²) in [6, 6.07) is 9.56. The quantitative estimate of drug-likeness (QED) is 0.600. The minimum absolute atomic E-state index is 0.130. The molecule has 1 N–H and O–H groups in total. The van der Waals surface area contributed by atoms with Gasteiger partial charge in [-0.3, -0.25) is 4.79 Å². The Morgan fingerprint density at radius 2 is 2.25 bits per heavy atom. The zero-order valence-electron chi connectivity index (χ0n) is 13.9. The van der Waals surface area contributed by atoms with Crippen molar-refractivity contribution >= 4 is 34.6 Å². The normalized spacial score (nSPS) is 17.5. The number of nitrogens with one attached hydrogen (secondary N) is 1. The maximum Gasteiger partial charge on any atom is 0.281 e. The summed E-state index contributed by atoms with van der Waals surface area (Å²) in [5.74, 6) is 0.575. The van der Waals surface area contributed by atoms with Gasteiger partial charge in [-0.2, -0.15) is 5.10 Å². The van der Waals surface area contributed by atoms with E-state index in [-0.39, 0.29) is 5.91 Å². The second-order valence-electron chi connectivity index (χ2n) is 6.27. The van der Waals surface area contributed by atoms with Crippen LogP contribution in [0.4, 0.5) is 0 Å². The summed E-state index contributed by atoms with van der Waals surface area (Å²) < 4.78 is 0. The molecule has 5 heteroatoms. The van der Waals surface area contributed by atoms with Crippen LogP contribution in [0, 0.1) is 5.92 Å². The molecule has 2 aromatic rings. The Balaban J connectivity index is 1.74. The fourth-order valence-electron chi connectivity index (χ4n) is 3.01. The lowest BCUT2D eigenvalue weighted by atomic mass is 9.90. The number of thiophene rings is 1. The Morgan fingerprint density at radius 3 is 3.00 bits per heavy atom. The van der Waals surface area contributed by atoms with Crippen LogP contribution < -0.4 is 5.43 Å². The predicted molar refractivity (Wildman–Crippen MR) is 101 cm³/mol. The standard InChI is InChI=1S/C19H21ClN2OS/c1-3-16(13-5-4-6-15(20)10-13)21-22-19(23)18-11-14-9-12(2)7-8-17(14)24-18/h4-6,10-12H,3,7-9H2,1-2H3,(H,22,23)/b21-16-. The summed E-state index contributed by atoms with van der Waals surface area (Å²) in [4.78, 5) is 14.5. The topological polar surface area (TPSA) is 41.5 Å². The first kappa shape index (κ1) is 17.2. The molecule has 3 nitrogen and oxygen atoms in total. The van der Waals surface area contributed by atoms with Crippen molar-refractivity contribution in [1.29, 1.82) is 0 Å². The van der Waals surface area contributed by atoms with Crippen molar-refractivity contribution in [2.45, 2.75) is 39.5 Å². The third-order valence-corrected chi connectivity index (χ3v) is 5.81. The molecule has 1 aromatic carbocycles. The number of benzene rings is 1. The van der Waals surface area contributed by atoms with Gasteiger partial charge in [0.25, 0.3) is 5.91 Å². The number of halogens is 1. The molecule has 1 amide bonds. The van der Waals surface area contributed by atoms with Gasteiger partial charge < -0.3 is 0 Å². The van der Waals surface area contributed by atoms with E-state index in [1.54, 1.807) is 11.3 Å². The van der Waals surface area contributed by atoms with Crippen LogP contribution in [0.3, 0.4) is 0 Å². The van der Waals surface area contributed by atoms with Crippen molar-refractivity contribution in [2.24, 2.45) is 11.0 Å². The van der Waals surface area contributed by atoms with Crippen molar-refractivity contribution in [2.75, 3.05) is 0 Å². The Bertz CT molecular complexity index is 781. The van der Waals surface area contributed by atoms with E-state index < -0.39 is 0 Å². The smallest absolute Gasteiger partial charge is 0.266 e. The summed E-state index contributed by atoms with van der Waals surface area (Å²) in [7, 11) is 0. The van der Waals surface area contributed by atoms with E-state index in [1.807, 2.05) is 37.3 Å². The molecule has 1 atom stereocenters. The summed E-state index contributed by atoms with van der Waals surface area (Å²) in [5, 5.41) is 4.98. The van der Waals surface area contributed by atoms with Gasteiger partial charge in [0, 0.05) is 9.90 Å². The average Bonchev–Trinajstić information content (AvgIpc) is 2.98. The molecule has 24 heavy (non-hydrogen) atoms. The maximum absolute atomic E-state index is 12.4. The third-order valence-electron chi connectivity index (χ3n) is 4.34. The molecule has 1 unspecified atom stereocenters. The van der Waals surface area contributed by atoms with Gasteiger partial charge in [-0.1, -0.05) is 37.6 Å². The van der Waals surface area contributed by atoms with Crippen LogP contribution in [0.25, 0.3) is 0 Å². The van der Waals surface area contributed by atoms with Gasteiger partial charge in [0.05, 0.1) is 10.6 Å². The predicted octanol–water partition coefficient (Wildman–Crippen LogP) is 5.07. The van der Waals surface area contributed by atoms with Crippen LogP contribution in [0.1, 0.15) is 52.4 Å². The molecule has 126 valence electrons. The summed E-state index contributed by atoms with van der Waals surface area (Å²) in [6.07, 6.45) is 4.09. The molecule has 0 saturated carbocycles. The van der Waals surface area contributed by atoms with Crippen molar-refractivity contribution < 1.29 is 4.79 Å². The molecule has 1 aromatic heterocycles. The van der Waals surface area contributed by atoms with Crippen LogP contribution in [0.15, 0.2) is 35.4 Å². The first-order chi connectivity index (χ1) is 11.6. The lowest BCUT2D eigenvalue weighted by Crippen LogP contribution is -2.19. The van der Waals surface area contributed by atoms with Crippen LogP contribution in [-0.4, -0.2) is 11.6 Å². The van der Waals surface area contributed by atoms with Gasteiger partial charge in [0.15, 0.2) is 0 Å². The second kappa shape index (κ2) is 7.49. The van der Waals surface area contributed by atoms with Gasteiger partial charge in [-0.05, 0) is 60.9 Å². The Hall–Kier alpha value is -1.65. The van der Waals surface area contributed by atoms with Crippen LogP contribution in [-0.2, 0) is 12.8 Å². The van der Waals surface area contributed by atoms with Crippen LogP contribution in [0.2, 0.25) is 5.02 Å². The molecule has 0 bridgehead atoms. The fraction of sp³-hybridized carbons (Fsp3) is 0.368. The van der Waals surface area contributed by atoms with E-state index >= 15 is 0 Å². The Morgan fingerprint density at radius 1 is 1.42 bits per heavy atom. The van der Waals surface area contributed by atoms with E-state index in [4.69, 9.17) is 11.6 Å². The number of rotatable bonds is 4. The van der Waals surface area contributed by atoms with Gasteiger partial charge in [-0.15, -0.1) is 11.3 Å². The Labute approximate surface area is 151 Å². The van der Waals surface area contributed by atoms with E-state index in [0.29, 0.717) is 10.9 Å². The molecular weight excluding hydrogens is 340 g/mol. The average molecular weight is 361 g/mol. The van der Waals surface area contributed by atoms with Gasteiger partial charge in [-0.25, -0.2) is 5.43 Å². The number of nitrogens with zero attached hydrogens (tertiary/aromatic N) is 1.